The number of carbonyl (C=O) groups is 1. The first kappa shape index (κ1) is 13.0. The largest absolute Gasteiger partial charge is 0.480 e. The summed E-state index contributed by atoms with van der Waals surface area (Å²) in [5.41, 5.74) is 0.427. The smallest absolute Gasteiger partial charge is 0.260 e. The Balaban J connectivity index is 2.71. The number of para-hydroxylation sites is 1. The van der Waals surface area contributed by atoms with Gasteiger partial charge in [-0.2, -0.15) is 5.26 Å². The standard InChI is InChI=1S/C13H16N2O2/c1-9(2)15-13(16)10(3)17-12-7-5-4-6-11(12)8-14/h4-7,9-10H,1-3H3,(H,15,16). The van der Waals surface area contributed by atoms with E-state index >= 15 is 0 Å². The van der Waals surface area contributed by atoms with Gasteiger partial charge in [0.2, 0.25) is 0 Å². The van der Waals surface area contributed by atoms with Crippen LogP contribution in [0.3, 0.4) is 0 Å². The highest BCUT2D eigenvalue weighted by atomic mass is 16.5. The summed E-state index contributed by atoms with van der Waals surface area (Å²) in [7, 11) is 0. The van der Waals surface area contributed by atoms with E-state index in [1.807, 2.05) is 19.9 Å². The minimum atomic E-state index is -0.619. The molecule has 0 aliphatic carbocycles. The van der Waals surface area contributed by atoms with Crippen LogP contribution in [0.25, 0.3) is 0 Å². The van der Waals surface area contributed by atoms with Crippen molar-refractivity contribution in [3.63, 3.8) is 0 Å². The van der Waals surface area contributed by atoms with Crippen LogP contribution >= 0.6 is 0 Å². The average molecular weight is 232 g/mol. The van der Waals surface area contributed by atoms with Crippen molar-refractivity contribution in [1.82, 2.24) is 5.32 Å². The van der Waals surface area contributed by atoms with E-state index in [-0.39, 0.29) is 11.9 Å². The van der Waals surface area contributed by atoms with Gasteiger partial charge in [-0.1, -0.05) is 12.1 Å². The monoisotopic (exact) mass is 232 g/mol. The summed E-state index contributed by atoms with van der Waals surface area (Å²) < 4.78 is 5.46. The zero-order valence-electron chi connectivity index (χ0n) is 10.2. The van der Waals surface area contributed by atoms with Crippen molar-refractivity contribution < 1.29 is 9.53 Å². The zero-order valence-corrected chi connectivity index (χ0v) is 10.2. The number of hydrogen-bond acceptors (Lipinski definition) is 3. The van der Waals surface area contributed by atoms with Gasteiger partial charge in [-0.3, -0.25) is 4.79 Å². The number of rotatable bonds is 4. The summed E-state index contributed by atoms with van der Waals surface area (Å²) in [4.78, 5) is 11.6. The van der Waals surface area contributed by atoms with E-state index in [0.717, 1.165) is 0 Å². The molecule has 4 heteroatoms. The molecule has 90 valence electrons. The highest BCUT2D eigenvalue weighted by Crippen LogP contribution is 2.18. The fourth-order valence-electron chi connectivity index (χ4n) is 1.31. The Morgan fingerprint density at radius 3 is 2.59 bits per heavy atom. The van der Waals surface area contributed by atoms with Gasteiger partial charge in [0.1, 0.15) is 11.8 Å². The van der Waals surface area contributed by atoms with Crippen LogP contribution in [0.15, 0.2) is 24.3 Å². The van der Waals surface area contributed by atoms with Gasteiger partial charge in [-0.25, -0.2) is 0 Å². The number of nitrogens with one attached hydrogen (secondary N) is 1. The third-order valence-corrected chi connectivity index (χ3v) is 2.11. The first-order chi connectivity index (χ1) is 8.04. The van der Waals surface area contributed by atoms with Gasteiger partial charge in [0.25, 0.3) is 5.91 Å². The number of nitriles is 1. The van der Waals surface area contributed by atoms with Gasteiger partial charge < -0.3 is 10.1 Å². The number of nitrogens with zero attached hydrogens (tertiary/aromatic N) is 1. The Labute approximate surface area is 101 Å². The van der Waals surface area contributed by atoms with Gasteiger partial charge >= 0.3 is 0 Å². The van der Waals surface area contributed by atoms with E-state index in [2.05, 4.69) is 5.32 Å². The van der Waals surface area contributed by atoms with Crippen molar-refractivity contribution in [2.75, 3.05) is 0 Å². The van der Waals surface area contributed by atoms with Gasteiger partial charge in [0, 0.05) is 6.04 Å². The van der Waals surface area contributed by atoms with E-state index in [4.69, 9.17) is 10.00 Å². The second-order valence-corrected chi connectivity index (χ2v) is 4.03. The molecule has 0 radical (unpaired) electrons. The van der Waals surface area contributed by atoms with Crippen LogP contribution in [-0.2, 0) is 4.79 Å². The molecule has 0 aliphatic heterocycles. The fourth-order valence-corrected chi connectivity index (χ4v) is 1.31. The molecule has 0 spiro atoms. The van der Waals surface area contributed by atoms with Crippen LogP contribution in [0.4, 0.5) is 0 Å². The van der Waals surface area contributed by atoms with E-state index in [0.29, 0.717) is 11.3 Å². The van der Waals surface area contributed by atoms with Crippen LogP contribution in [0.2, 0.25) is 0 Å². The van der Waals surface area contributed by atoms with Gasteiger partial charge in [-0.15, -0.1) is 0 Å². The lowest BCUT2D eigenvalue weighted by Crippen LogP contribution is -2.40. The van der Waals surface area contributed by atoms with Crippen molar-refractivity contribution in [1.29, 1.82) is 5.26 Å². The van der Waals surface area contributed by atoms with Crippen LogP contribution in [-0.4, -0.2) is 18.1 Å². The lowest BCUT2D eigenvalue weighted by atomic mass is 10.2. The first-order valence-electron chi connectivity index (χ1n) is 5.50. The minimum Gasteiger partial charge on any atom is -0.480 e. The second kappa shape index (κ2) is 5.90. The normalized spacial score (nSPS) is 11.7. The molecule has 0 saturated carbocycles. The molecule has 1 rings (SSSR count). The maximum absolute atomic E-state index is 11.6. The quantitative estimate of drug-likeness (QED) is 0.861. The Kier molecular flexibility index (Phi) is 4.53. The van der Waals surface area contributed by atoms with Crippen molar-refractivity contribution >= 4 is 5.91 Å². The Morgan fingerprint density at radius 1 is 1.35 bits per heavy atom. The molecule has 17 heavy (non-hydrogen) atoms. The molecular weight excluding hydrogens is 216 g/mol. The molecule has 1 unspecified atom stereocenters. The van der Waals surface area contributed by atoms with E-state index < -0.39 is 6.10 Å². The topological polar surface area (TPSA) is 62.1 Å². The number of ether oxygens (including phenoxy) is 1. The predicted octanol–water partition coefficient (Wildman–Crippen LogP) is 1.85. The summed E-state index contributed by atoms with van der Waals surface area (Å²) in [6, 6.07) is 8.95. The Hall–Kier alpha value is -2.02. The van der Waals surface area contributed by atoms with Crippen LogP contribution in [0.5, 0.6) is 5.75 Å². The molecule has 1 amide bonds. The number of carbonyl (C=O) groups excluding carboxylic acids is 1. The molecule has 0 aromatic heterocycles. The molecular formula is C13H16N2O2. The lowest BCUT2D eigenvalue weighted by Gasteiger charge is -2.16. The van der Waals surface area contributed by atoms with Crippen LogP contribution in [0, 0.1) is 11.3 Å². The summed E-state index contributed by atoms with van der Waals surface area (Å²) >= 11 is 0. The van der Waals surface area contributed by atoms with Gasteiger partial charge in [-0.05, 0) is 32.9 Å². The van der Waals surface area contributed by atoms with Crippen molar-refractivity contribution in [2.45, 2.75) is 32.9 Å². The highest BCUT2D eigenvalue weighted by molar-refractivity contribution is 5.81. The van der Waals surface area contributed by atoms with E-state index in [1.54, 1.807) is 31.2 Å². The lowest BCUT2D eigenvalue weighted by molar-refractivity contribution is -0.127. The Bertz CT molecular complexity index is 435. The fraction of sp³-hybridized carbons (Fsp3) is 0.385. The predicted molar refractivity (Wildman–Crippen MR) is 64.5 cm³/mol. The summed E-state index contributed by atoms with van der Waals surface area (Å²) in [5, 5.41) is 11.6. The maximum atomic E-state index is 11.6. The first-order valence-corrected chi connectivity index (χ1v) is 5.50. The number of hydrogen-bond donors (Lipinski definition) is 1. The number of amides is 1. The molecule has 1 N–H and O–H groups in total. The van der Waals surface area contributed by atoms with Crippen LogP contribution in [0.1, 0.15) is 26.3 Å². The molecule has 1 aromatic carbocycles. The van der Waals surface area contributed by atoms with Crippen LogP contribution < -0.4 is 10.1 Å². The molecule has 0 saturated heterocycles. The van der Waals surface area contributed by atoms with Gasteiger partial charge in [0.15, 0.2) is 6.10 Å². The van der Waals surface area contributed by atoms with E-state index in [9.17, 15) is 4.79 Å². The average Bonchev–Trinajstić information content (AvgIpc) is 2.28. The highest BCUT2D eigenvalue weighted by Gasteiger charge is 2.16. The second-order valence-electron chi connectivity index (χ2n) is 4.03. The summed E-state index contributed by atoms with van der Waals surface area (Å²) in [5.74, 6) is 0.245. The molecule has 1 aromatic rings. The minimum absolute atomic E-state index is 0.0692. The third kappa shape index (κ3) is 3.80. The number of benzene rings is 1. The molecule has 1 atom stereocenters. The third-order valence-electron chi connectivity index (χ3n) is 2.11. The molecule has 0 fully saturated rings. The van der Waals surface area contributed by atoms with E-state index in [1.165, 1.54) is 0 Å². The van der Waals surface area contributed by atoms with Crippen molar-refractivity contribution in [3.8, 4) is 11.8 Å². The SMILES string of the molecule is CC(C)NC(=O)C(C)Oc1ccccc1C#N. The maximum Gasteiger partial charge on any atom is 0.260 e. The molecule has 0 aliphatic rings. The molecule has 4 nitrogen and oxygen atoms in total. The summed E-state index contributed by atoms with van der Waals surface area (Å²) in [6.45, 7) is 5.42. The zero-order chi connectivity index (χ0) is 12.8. The van der Waals surface area contributed by atoms with Crippen molar-refractivity contribution in [3.05, 3.63) is 29.8 Å². The van der Waals surface area contributed by atoms with Crippen molar-refractivity contribution in [2.24, 2.45) is 0 Å². The summed E-state index contributed by atoms with van der Waals surface area (Å²) in [6.07, 6.45) is -0.619. The Morgan fingerprint density at radius 2 is 2.00 bits per heavy atom. The molecule has 0 bridgehead atoms. The molecule has 0 heterocycles. The van der Waals surface area contributed by atoms with Gasteiger partial charge in [0.05, 0.1) is 5.56 Å².